The molecule has 1 rings (SSSR count). The van der Waals surface area contributed by atoms with Crippen LogP contribution in [0.5, 0.6) is 0 Å². The van der Waals surface area contributed by atoms with Crippen LogP contribution in [0.4, 0.5) is 4.39 Å². The van der Waals surface area contributed by atoms with Gasteiger partial charge in [-0.3, -0.25) is 4.79 Å². The van der Waals surface area contributed by atoms with Gasteiger partial charge in [-0.15, -0.1) is 0 Å². The lowest BCUT2D eigenvalue weighted by Gasteiger charge is -1.95. The molecule has 10 heavy (non-hydrogen) atoms. The van der Waals surface area contributed by atoms with Crippen LogP contribution in [-0.4, -0.2) is 4.98 Å². The number of aromatic nitrogens is 1. The molecule has 54 valence electrons. The first kappa shape index (κ1) is 7.71. The molecule has 0 atom stereocenters. The Morgan fingerprint density at radius 2 is 2.30 bits per heavy atom. The second-order valence-electron chi connectivity index (χ2n) is 1.90. The zero-order chi connectivity index (χ0) is 7.72. The fourth-order valence-electron chi connectivity index (χ4n) is 0.576. The van der Waals surface area contributed by atoms with Crippen LogP contribution >= 0.6 is 22.6 Å². The summed E-state index contributed by atoms with van der Waals surface area (Å²) in [4.78, 5) is 12.8. The fraction of sp³-hybridized carbons (Fsp3) is 0.167. The van der Waals surface area contributed by atoms with Crippen molar-refractivity contribution in [3.05, 3.63) is 31.5 Å². The summed E-state index contributed by atoms with van der Waals surface area (Å²) >= 11 is 1.96. The van der Waals surface area contributed by atoms with Crippen molar-refractivity contribution < 1.29 is 4.39 Å². The van der Waals surface area contributed by atoms with E-state index >= 15 is 0 Å². The SMILES string of the molecule is Cc1c(I)c[nH]c(=O)c1F. The van der Waals surface area contributed by atoms with Crippen LogP contribution in [0, 0.1) is 16.3 Å². The number of aromatic amines is 1. The van der Waals surface area contributed by atoms with E-state index in [-0.39, 0.29) is 0 Å². The van der Waals surface area contributed by atoms with Crippen molar-refractivity contribution in [2.24, 2.45) is 0 Å². The first-order chi connectivity index (χ1) is 4.63. The molecule has 0 aromatic carbocycles. The number of hydrogen-bond donors (Lipinski definition) is 1. The first-order valence-corrected chi connectivity index (χ1v) is 3.74. The van der Waals surface area contributed by atoms with E-state index < -0.39 is 11.4 Å². The number of H-pyrrole nitrogens is 1. The van der Waals surface area contributed by atoms with Crippen molar-refractivity contribution in [1.29, 1.82) is 0 Å². The predicted octanol–water partition coefficient (Wildman–Crippen LogP) is 1.43. The average molecular weight is 253 g/mol. The van der Waals surface area contributed by atoms with Crippen LogP contribution in [0.2, 0.25) is 0 Å². The highest BCUT2D eigenvalue weighted by atomic mass is 127. The van der Waals surface area contributed by atoms with E-state index in [0.717, 1.165) is 3.57 Å². The summed E-state index contributed by atoms with van der Waals surface area (Å²) in [7, 11) is 0. The molecule has 0 amide bonds. The topological polar surface area (TPSA) is 32.9 Å². The molecule has 1 aromatic heterocycles. The van der Waals surface area contributed by atoms with Gasteiger partial charge in [0.15, 0.2) is 5.82 Å². The van der Waals surface area contributed by atoms with Gasteiger partial charge in [-0.1, -0.05) is 0 Å². The molecular formula is C6H5FINO. The van der Waals surface area contributed by atoms with Crippen molar-refractivity contribution in [2.75, 3.05) is 0 Å². The number of hydrogen-bond acceptors (Lipinski definition) is 1. The van der Waals surface area contributed by atoms with E-state index in [1.165, 1.54) is 6.20 Å². The largest absolute Gasteiger partial charge is 0.326 e. The summed E-state index contributed by atoms with van der Waals surface area (Å²) in [5.41, 5.74) is -0.248. The quantitative estimate of drug-likeness (QED) is 0.697. The van der Waals surface area contributed by atoms with Gasteiger partial charge in [0.2, 0.25) is 0 Å². The average Bonchev–Trinajstić information content (AvgIpc) is 1.93. The molecule has 4 heteroatoms. The lowest BCUT2D eigenvalue weighted by molar-refractivity contribution is 0.597. The lowest BCUT2D eigenvalue weighted by Crippen LogP contribution is -2.12. The van der Waals surface area contributed by atoms with Gasteiger partial charge in [0.1, 0.15) is 0 Å². The monoisotopic (exact) mass is 253 g/mol. The Morgan fingerprint density at radius 1 is 1.70 bits per heavy atom. The molecule has 0 radical (unpaired) electrons. The summed E-state index contributed by atoms with van der Waals surface area (Å²) in [5, 5.41) is 0. The second-order valence-corrected chi connectivity index (χ2v) is 3.07. The Labute approximate surface area is 70.6 Å². The fourth-order valence-corrected chi connectivity index (χ4v) is 0.968. The Bertz CT molecular complexity index is 307. The Kier molecular flexibility index (Phi) is 2.08. The highest BCUT2D eigenvalue weighted by Crippen LogP contribution is 2.08. The molecule has 0 fully saturated rings. The summed E-state index contributed by atoms with van der Waals surface area (Å²) in [6.07, 6.45) is 1.49. The summed E-state index contributed by atoms with van der Waals surface area (Å²) in [5.74, 6) is -0.688. The minimum Gasteiger partial charge on any atom is -0.326 e. The van der Waals surface area contributed by atoms with Gasteiger partial charge >= 0.3 is 0 Å². The number of rotatable bonds is 0. The molecule has 0 saturated carbocycles. The van der Waals surface area contributed by atoms with Crippen molar-refractivity contribution in [3.63, 3.8) is 0 Å². The number of halogens is 2. The van der Waals surface area contributed by atoms with Crippen LogP contribution in [0.3, 0.4) is 0 Å². The highest BCUT2D eigenvalue weighted by Gasteiger charge is 2.04. The van der Waals surface area contributed by atoms with Crippen LogP contribution in [0.1, 0.15) is 5.56 Å². The Morgan fingerprint density at radius 3 is 2.80 bits per heavy atom. The van der Waals surface area contributed by atoms with Gasteiger partial charge in [-0.2, -0.15) is 0 Å². The van der Waals surface area contributed by atoms with Crippen molar-refractivity contribution >= 4 is 22.6 Å². The zero-order valence-corrected chi connectivity index (χ0v) is 7.40. The third-order valence-corrected chi connectivity index (χ3v) is 2.34. The standard InChI is InChI=1S/C6H5FINO/c1-3-4(8)2-9-6(10)5(3)7/h2H,1H3,(H,9,10). The van der Waals surface area contributed by atoms with Gasteiger partial charge in [0.25, 0.3) is 5.56 Å². The lowest BCUT2D eigenvalue weighted by atomic mass is 10.3. The maximum atomic E-state index is 12.6. The van der Waals surface area contributed by atoms with Crippen LogP contribution in [0.15, 0.2) is 11.0 Å². The molecule has 1 heterocycles. The minimum absolute atomic E-state index is 0.407. The summed E-state index contributed by atoms with van der Waals surface area (Å²) < 4.78 is 13.4. The second kappa shape index (κ2) is 2.69. The molecule has 1 aromatic rings. The zero-order valence-electron chi connectivity index (χ0n) is 5.24. The van der Waals surface area contributed by atoms with Gasteiger partial charge in [0.05, 0.1) is 0 Å². The van der Waals surface area contributed by atoms with Gasteiger partial charge in [-0.25, -0.2) is 4.39 Å². The summed E-state index contributed by atoms with van der Waals surface area (Å²) in [6.45, 7) is 1.58. The van der Waals surface area contributed by atoms with E-state index in [0.29, 0.717) is 5.56 Å². The molecule has 0 unspecified atom stereocenters. The molecule has 0 aliphatic carbocycles. The molecule has 2 nitrogen and oxygen atoms in total. The molecular weight excluding hydrogens is 248 g/mol. The van der Waals surface area contributed by atoms with Crippen molar-refractivity contribution in [1.82, 2.24) is 4.98 Å². The Hall–Kier alpha value is -0.390. The van der Waals surface area contributed by atoms with E-state index in [1.54, 1.807) is 6.92 Å². The molecule has 0 saturated heterocycles. The van der Waals surface area contributed by atoms with Crippen LogP contribution in [-0.2, 0) is 0 Å². The molecule has 0 aliphatic rings. The van der Waals surface area contributed by atoms with E-state index in [1.807, 2.05) is 22.6 Å². The van der Waals surface area contributed by atoms with Crippen molar-refractivity contribution in [2.45, 2.75) is 6.92 Å². The van der Waals surface area contributed by atoms with E-state index in [2.05, 4.69) is 4.98 Å². The molecule has 0 bridgehead atoms. The number of nitrogens with one attached hydrogen (secondary N) is 1. The Balaban J connectivity index is 3.49. The predicted molar refractivity (Wildman–Crippen MR) is 44.5 cm³/mol. The maximum Gasteiger partial charge on any atom is 0.284 e. The smallest absolute Gasteiger partial charge is 0.284 e. The van der Waals surface area contributed by atoms with Gasteiger partial charge in [0, 0.05) is 15.3 Å². The number of pyridine rings is 1. The van der Waals surface area contributed by atoms with E-state index in [4.69, 9.17) is 0 Å². The highest BCUT2D eigenvalue weighted by molar-refractivity contribution is 14.1. The normalized spacial score (nSPS) is 9.90. The minimum atomic E-state index is -0.688. The third kappa shape index (κ3) is 1.21. The molecule has 0 aliphatic heterocycles. The van der Waals surface area contributed by atoms with Gasteiger partial charge < -0.3 is 4.98 Å². The van der Waals surface area contributed by atoms with E-state index in [9.17, 15) is 9.18 Å². The van der Waals surface area contributed by atoms with Crippen LogP contribution in [0.25, 0.3) is 0 Å². The third-order valence-electron chi connectivity index (χ3n) is 1.22. The van der Waals surface area contributed by atoms with Crippen LogP contribution < -0.4 is 5.56 Å². The van der Waals surface area contributed by atoms with Gasteiger partial charge in [-0.05, 0) is 29.5 Å². The first-order valence-electron chi connectivity index (χ1n) is 2.66. The van der Waals surface area contributed by atoms with Crippen molar-refractivity contribution in [3.8, 4) is 0 Å². The molecule has 0 spiro atoms. The molecule has 1 N–H and O–H groups in total. The maximum absolute atomic E-state index is 12.6. The summed E-state index contributed by atoms with van der Waals surface area (Å²) in [6, 6.07) is 0.